The highest BCUT2D eigenvalue weighted by molar-refractivity contribution is 5.93. The molecule has 1 aliphatic rings. The third-order valence-electron chi connectivity index (χ3n) is 2.58. The summed E-state index contributed by atoms with van der Waals surface area (Å²) < 4.78 is 1.85. The fourth-order valence-electron chi connectivity index (χ4n) is 1.73. The number of rotatable bonds is 0. The zero-order chi connectivity index (χ0) is 9.42. The lowest BCUT2D eigenvalue weighted by atomic mass is 10.2. The molecule has 0 N–H and O–H groups in total. The molecule has 0 unspecified atom stereocenters. The Morgan fingerprint density at radius 1 is 1.38 bits per heavy atom. The van der Waals surface area contributed by atoms with Crippen LogP contribution in [0.25, 0.3) is 0 Å². The van der Waals surface area contributed by atoms with E-state index in [1.807, 2.05) is 18.8 Å². The van der Waals surface area contributed by atoms with Crippen molar-refractivity contribution in [2.75, 3.05) is 11.9 Å². The quantitative estimate of drug-likeness (QED) is 0.588. The molecule has 0 fully saturated rings. The second kappa shape index (κ2) is 2.87. The maximum atomic E-state index is 11.5. The fourth-order valence-corrected chi connectivity index (χ4v) is 1.73. The average molecular weight is 179 g/mol. The highest BCUT2D eigenvalue weighted by atomic mass is 16.2. The summed E-state index contributed by atoms with van der Waals surface area (Å²) in [4.78, 5) is 13.2. The average Bonchev–Trinajstić information content (AvgIpc) is 2.40. The van der Waals surface area contributed by atoms with E-state index < -0.39 is 0 Å². The summed E-state index contributed by atoms with van der Waals surface area (Å²) >= 11 is 0. The standard InChI is InChI=1S/C9H13N3O/c1-11-8-6-10-12(2)7(8)4-3-5-9(11)13/h6H,3-5H2,1-2H3. The molecule has 1 aliphatic heterocycles. The number of anilines is 1. The van der Waals surface area contributed by atoms with Gasteiger partial charge in [-0.05, 0) is 12.8 Å². The summed E-state index contributed by atoms with van der Waals surface area (Å²) in [7, 11) is 3.73. The molecule has 0 saturated carbocycles. The van der Waals surface area contributed by atoms with Gasteiger partial charge in [0.25, 0.3) is 0 Å². The number of hydrogen-bond acceptors (Lipinski definition) is 2. The topological polar surface area (TPSA) is 38.1 Å². The number of aromatic nitrogens is 2. The van der Waals surface area contributed by atoms with Crippen LogP contribution >= 0.6 is 0 Å². The molecule has 13 heavy (non-hydrogen) atoms. The van der Waals surface area contributed by atoms with Crippen LogP contribution in [-0.4, -0.2) is 22.7 Å². The molecular formula is C9H13N3O. The summed E-state index contributed by atoms with van der Waals surface area (Å²) in [5.74, 6) is 0.187. The molecule has 0 spiro atoms. The zero-order valence-electron chi connectivity index (χ0n) is 7.95. The van der Waals surface area contributed by atoms with E-state index in [1.165, 1.54) is 0 Å². The van der Waals surface area contributed by atoms with E-state index in [1.54, 1.807) is 11.1 Å². The Bertz CT molecular complexity index is 343. The molecule has 0 bridgehead atoms. The van der Waals surface area contributed by atoms with E-state index >= 15 is 0 Å². The van der Waals surface area contributed by atoms with E-state index in [4.69, 9.17) is 0 Å². The smallest absolute Gasteiger partial charge is 0.226 e. The Balaban J connectivity index is 2.47. The molecular weight excluding hydrogens is 166 g/mol. The molecule has 2 rings (SSSR count). The molecule has 0 radical (unpaired) electrons. The number of carbonyl (C=O) groups is 1. The third kappa shape index (κ3) is 1.22. The maximum Gasteiger partial charge on any atom is 0.226 e. The predicted octanol–water partition coefficient (Wildman–Crippen LogP) is 0.719. The first-order valence-electron chi connectivity index (χ1n) is 4.47. The minimum atomic E-state index is 0.187. The molecule has 1 aromatic heterocycles. The van der Waals surface area contributed by atoms with Gasteiger partial charge < -0.3 is 4.90 Å². The van der Waals surface area contributed by atoms with Crippen LogP contribution in [0.15, 0.2) is 6.20 Å². The summed E-state index contributed by atoms with van der Waals surface area (Å²) in [5, 5.41) is 4.15. The van der Waals surface area contributed by atoms with Crippen molar-refractivity contribution in [2.45, 2.75) is 19.3 Å². The fraction of sp³-hybridized carbons (Fsp3) is 0.556. The van der Waals surface area contributed by atoms with E-state index in [-0.39, 0.29) is 5.91 Å². The lowest BCUT2D eigenvalue weighted by molar-refractivity contribution is -0.118. The van der Waals surface area contributed by atoms with E-state index in [0.29, 0.717) is 6.42 Å². The van der Waals surface area contributed by atoms with Gasteiger partial charge in [0.2, 0.25) is 5.91 Å². The summed E-state index contributed by atoms with van der Waals surface area (Å²) in [6.07, 6.45) is 4.28. The van der Waals surface area contributed by atoms with Crippen LogP contribution in [0.5, 0.6) is 0 Å². The van der Waals surface area contributed by atoms with Gasteiger partial charge in [0.1, 0.15) is 0 Å². The number of nitrogens with zero attached hydrogens (tertiary/aromatic N) is 3. The summed E-state index contributed by atoms with van der Waals surface area (Å²) in [6.45, 7) is 0. The highest BCUT2D eigenvalue weighted by Crippen LogP contribution is 2.24. The zero-order valence-corrected chi connectivity index (χ0v) is 7.95. The highest BCUT2D eigenvalue weighted by Gasteiger charge is 2.21. The van der Waals surface area contributed by atoms with Crippen LogP contribution < -0.4 is 4.90 Å². The van der Waals surface area contributed by atoms with Crippen LogP contribution in [0, 0.1) is 0 Å². The molecule has 0 aromatic carbocycles. The first kappa shape index (κ1) is 8.29. The maximum absolute atomic E-state index is 11.5. The van der Waals surface area contributed by atoms with Crippen LogP contribution in [-0.2, 0) is 18.3 Å². The van der Waals surface area contributed by atoms with E-state index in [0.717, 1.165) is 24.2 Å². The molecule has 0 aliphatic carbocycles. The molecule has 4 heteroatoms. The second-order valence-corrected chi connectivity index (χ2v) is 3.41. The van der Waals surface area contributed by atoms with Crippen molar-refractivity contribution in [3.8, 4) is 0 Å². The van der Waals surface area contributed by atoms with Crippen molar-refractivity contribution in [2.24, 2.45) is 7.05 Å². The number of carbonyl (C=O) groups excluding carboxylic acids is 1. The number of fused-ring (bicyclic) bond motifs is 1. The number of hydrogen-bond donors (Lipinski definition) is 0. The van der Waals surface area contributed by atoms with E-state index in [2.05, 4.69) is 5.10 Å². The number of amides is 1. The molecule has 1 amide bonds. The Morgan fingerprint density at radius 3 is 2.92 bits per heavy atom. The Morgan fingerprint density at radius 2 is 2.15 bits per heavy atom. The van der Waals surface area contributed by atoms with Crippen LogP contribution in [0.3, 0.4) is 0 Å². The number of aryl methyl sites for hydroxylation is 1. The molecule has 1 aromatic rings. The Hall–Kier alpha value is -1.32. The van der Waals surface area contributed by atoms with Gasteiger partial charge in [-0.2, -0.15) is 5.10 Å². The molecule has 0 saturated heterocycles. The summed E-state index contributed by atoms with van der Waals surface area (Å²) in [5.41, 5.74) is 2.12. The third-order valence-corrected chi connectivity index (χ3v) is 2.58. The van der Waals surface area contributed by atoms with Crippen molar-refractivity contribution in [3.05, 3.63) is 11.9 Å². The van der Waals surface area contributed by atoms with Gasteiger partial charge in [0.15, 0.2) is 0 Å². The predicted molar refractivity (Wildman–Crippen MR) is 49.6 cm³/mol. The monoisotopic (exact) mass is 179 g/mol. The second-order valence-electron chi connectivity index (χ2n) is 3.41. The van der Waals surface area contributed by atoms with Crippen LogP contribution in [0.2, 0.25) is 0 Å². The molecule has 2 heterocycles. The SMILES string of the molecule is CN1C(=O)CCCc2c1cnn2C. The minimum Gasteiger partial charge on any atom is -0.312 e. The van der Waals surface area contributed by atoms with Gasteiger partial charge in [-0.25, -0.2) is 0 Å². The van der Waals surface area contributed by atoms with Gasteiger partial charge in [-0.15, -0.1) is 0 Å². The Labute approximate surface area is 77.1 Å². The molecule has 0 atom stereocenters. The van der Waals surface area contributed by atoms with E-state index in [9.17, 15) is 4.79 Å². The lowest BCUT2D eigenvalue weighted by Gasteiger charge is -2.13. The van der Waals surface area contributed by atoms with Crippen molar-refractivity contribution in [1.82, 2.24) is 9.78 Å². The normalized spacial score (nSPS) is 17.1. The largest absolute Gasteiger partial charge is 0.312 e. The van der Waals surface area contributed by atoms with Crippen molar-refractivity contribution >= 4 is 11.6 Å². The Kier molecular flexibility index (Phi) is 1.83. The molecule has 70 valence electrons. The van der Waals surface area contributed by atoms with Crippen molar-refractivity contribution < 1.29 is 4.79 Å². The minimum absolute atomic E-state index is 0.187. The van der Waals surface area contributed by atoms with Gasteiger partial charge in [-0.1, -0.05) is 0 Å². The lowest BCUT2D eigenvalue weighted by Crippen LogP contribution is -2.24. The van der Waals surface area contributed by atoms with Gasteiger partial charge >= 0.3 is 0 Å². The van der Waals surface area contributed by atoms with Crippen molar-refractivity contribution in [1.29, 1.82) is 0 Å². The van der Waals surface area contributed by atoms with Gasteiger partial charge in [0, 0.05) is 20.5 Å². The van der Waals surface area contributed by atoms with Gasteiger partial charge in [-0.3, -0.25) is 9.48 Å². The van der Waals surface area contributed by atoms with Gasteiger partial charge in [0.05, 0.1) is 17.6 Å². The molecule has 4 nitrogen and oxygen atoms in total. The van der Waals surface area contributed by atoms with Crippen LogP contribution in [0.4, 0.5) is 5.69 Å². The summed E-state index contributed by atoms with van der Waals surface area (Å²) in [6, 6.07) is 0. The van der Waals surface area contributed by atoms with Crippen LogP contribution in [0.1, 0.15) is 18.5 Å². The van der Waals surface area contributed by atoms with Crippen molar-refractivity contribution in [3.63, 3.8) is 0 Å². The first-order chi connectivity index (χ1) is 6.20. The first-order valence-corrected chi connectivity index (χ1v) is 4.47.